The molecule has 0 saturated carbocycles. The second-order valence-electron chi connectivity index (χ2n) is 11.6. The van der Waals surface area contributed by atoms with Crippen LogP contribution in [0.4, 0.5) is 5.69 Å². The molecule has 4 atom stereocenters. The average Bonchev–Trinajstić information content (AvgIpc) is 3.36. The van der Waals surface area contributed by atoms with Gasteiger partial charge in [-0.3, -0.25) is 14.5 Å². The number of nitrogens with zero attached hydrogens (tertiary/aromatic N) is 2. The normalized spacial score (nSPS) is 19.5. The number of aliphatic hydroxyl groups excluding tert-OH is 2. The molecule has 1 fully saturated rings. The number of nitrogens with one attached hydrogen (secondary N) is 1. The predicted molar refractivity (Wildman–Crippen MR) is 169 cm³/mol. The van der Waals surface area contributed by atoms with Gasteiger partial charge in [-0.25, -0.2) is 0 Å². The van der Waals surface area contributed by atoms with Crippen molar-refractivity contribution in [1.29, 1.82) is 0 Å². The molecule has 1 heterocycles. The molecule has 2 amide bonds. The van der Waals surface area contributed by atoms with Crippen LogP contribution in [0.5, 0.6) is 5.75 Å². The molecule has 3 aromatic rings. The molecule has 3 N–H and O–H groups in total. The molecule has 1 saturated heterocycles. The largest absolute Gasteiger partial charge is 0.492 e. The summed E-state index contributed by atoms with van der Waals surface area (Å²) in [5.41, 5.74) is 3.56. The Hall–Kier alpha value is -3.76. The van der Waals surface area contributed by atoms with Crippen molar-refractivity contribution >= 4 is 17.5 Å². The molecule has 1 aliphatic heterocycles. The van der Waals surface area contributed by atoms with Crippen LogP contribution < -0.4 is 15.0 Å². The number of hydrogen-bond donors (Lipinski definition) is 3. The number of aliphatic hydroxyl groups is 2. The van der Waals surface area contributed by atoms with Crippen LogP contribution in [0.15, 0.2) is 78.9 Å². The lowest BCUT2D eigenvalue weighted by Gasteiger charge is -2.33. The van der Waals surface area contributed by atoms with Crippen LogP contribution in [-0.2, 0) is 27.2 Å². The number of anilines is 1. The second-order valence-corrected chi connectivity index (χ2v) is 11.6. The van der Waals surface area contributed by atoms with E-state index in [-0.39, 0.29) is 24.7 Å². The quantitative estimate of drug-likeness (QED) is 0.276. The van der Waals surface area contributed by atoms with Crippen molar-refractivity contribution < 1.29 is 29.3 Å². The maximum Gasteiger partial charge on any atom is 0.227 e. The van der Waals surface area contributed by atoms with E-state index in [2.05, 4.69) is 10.2 Å². The van der Waals surface area contributed by atoms with Gasteiger partial charge in [0, 0.05) is 45.1 Å². The number of rotatable bonds is 13. The highest BCUT2D eigenvalue weighted by Gasteiger charge is 2.38. The van der Waals surface area contributed by atoms with E-state index in [1.807, 2.05) is 78.9 Å². The summed E-state index contributed by atoms with van der Waals surface area (Å²) in [6.07, 6.45) is -0.613. The van der Waals surface area contributed by atoms with E-state index < -0.39 is 24.3 Å². The summed E-state index contributed by atoms with van der Waals surface area (Å²) >= 11 is 0. The molecular formula is C35H43N3O6. The molecule has 3 aromatic carbocycles. The third-order valence-electron chi connectivity index (χ3n) is 8.41. The van der Waals surface area contributed by atoms with E-state index in [1.165, 1.54) is 6.92 Å². The highest BCUT2D eigenvalue weighted by Crippen LogP contribution is 2.39. The number of carbonyl (C=O) groups is 2. The fourth-order valence-corrected chi connectivity index (χ4v) is 6.15. The third-order valence-corrected chi connectivity index (χ3v) is 8.41. The number of morpholine rings is 1. The SMILES string of the molecule is CC(=O)N[C@@H](Cc1ccccc1)[C@@H](O)CCC(=O)N(c1ccc(OCCN2CCOCC2)cc1)[C@H]1c2ccccc2C[C@H]1O. The molecule has 0 spiro atoms. The lowest BCUT2D eigenvalue weighted by Crippen LogP contribution is -2.45. The molecular weight excluding hydrogens is 558 g/mol. The van der Waals surface area contributed by atoms with Crippen LogP contribution in [0.1, 0.15) is 42.5 Å². The van der Waals surface area contributed by atoms with Crippen LogP contribution in [0, 0.1) is 0 Å². The topological polar surface area (TPSA) is 112 Å². The maximum atomic E-state index is 14.0. The summed E-state index contributed by atoms with van der Waals surface area (Å²) in [7, 11) is 0. The standard InChI is InChI=1S/C35H43N3O6/c1-25(39)36-31(23-26-7-3-2-4-8-26)32(40)15-16-34(42)38(35-30-10-6-5-9-27(30)24-33(35)41)28-11-13-29(14-12-28)44-22-19-37-17-20-43-21-18-37/h2-14,31-33,35,40-41H,15-24H2,1H3,(H,36,39)/t31-,32-,33+,35-/m0/s1. The first-order valence-corrected chi connectivity index (χ1v) is 15.5. The Balaban J connectivity index is 1.30. The van der Waals surface area contributed by atoms with Gasteiger partial charge in [-0.2, -0.15) is 0 Å². The summed E-state index contributed by atoms with van der Waals surface area (Å²) in [4.78, 5) is 29.9. The second kappa shape index (κ2) is 15.3. The molecule has 5 rings (SSSR count). The number of fused-ring (bicyclic) bond motifs is 1. The Bertz CT molecular complexity index is 1360. The van der Waals surface area contributed by atoms with E-state index in [4.69, 9.17) is 9.47 Å². The first-order valence-electron chi connectivity index (χ1n) is 15.5. The fourth-order valence-electron chi connectivity index (χ4n) is 6.15. The minimum atomic E-state index is -0.937. The maximum absolute atomic E-state index is 14.0. The predicted octanol–water partition coefficient (Wildman–Crippen LogP) is 3.28. The van der Waals surface area contributed by atoms with Gasteiger partial charge in [-0.15, -0.1) is 0 Å². The summed E-state index contributed by atoms with van der Waals surface area (Å²) < 4.78 is 11.4. The number of ether oxygens (including phenoxy) is 2. The Morgan fingerprint density at radius 2 is 1.73 bits per heavy atom. The van der Waals surface area contributed by atoms with Crippen LogP contribution in [0.3, 0.4) is 0 Å². The van der Waals surface area contributed by atoms with Crippen LogP contribution in [0.2, 0.25) is 0 Å². The van der Waals surface area contributed by atoms with Gasteiger partial charge in [0.05, 0.1) is 37.5 Å². The first kappa shape index (κ1) is 31.7. The summed E-state index contributed by atoms with van der Waals surface area (Å²) in [6.45, 7) is 6.07. The smallest absolute Gasteiger partial charge is 0.227 e. The highest BCUT2D eigenvalue weighted by atomic mass is 16.5. The monoisotopic (exact) mass is 601 g/mol. The van der Waals surface area contributed by atoms with Gasteiger partial charge in [0.25, 0.3) is 0 Å². The lowest BCUT2D eigenvalue weighted by atomic mass is 9.97. The summed E-state index contributed by atoms with van der Waals surface area (Å²) in [6, 6.07) is 23.8. The summed E-state index contributed by atoms with van der Waals surface area (Å²) in [5.74, 6) is 0.249. The molecule has 0 radical (unpaired) electrons. The zero-order valence-corrected chi connectivity index (χ0v) is 25.3. The molecule has 0 bridgehead atoms. The number of benzene rings is 3. The Kier molecular flexibility index (Phi) is 11.0. The van der Waals surface area contributed by atoms with Gasteiger partial charge in [0.2, 0.25) is 11.8 Å². The van der Waals surface area contributed by atoms with Crippen LogP contribution in [0.25, 0.3) is 0 Å². The molecule has 0 aromatic heterocycles. The van der Waals surface area contributed by atoms with E-state index >= 15 is 0 Å². The number of carbonyl (C=O) groups excluding carboxylic acids is 2. The highest BCUT2D eigenvalue weighted by molar-refractivity contribution is 5.94. The number of hydrogen-bond acceptors (Lipinski definition) is 7. The van der Waals surface area contributed by atoms with Crippen molar-refractivity contribution in [3.8, 4) is 5.75 Å². The van der Waals surface area contributed by atoms with Crippen LogP contribution >= 0.6 is 0 Å². The van der Waals surface area contributed by atoms with Gasteiger partial charge >= 0.3 is 0 Å². The molecule has 234 valence electrons. The van der Waals surface area contributed by atoms with Gasteiger partial charge in [0.15, 0.2) is 0 Å². The minimum absolute atomic E-state index is 0.0369. The van der Waals surface area contributed by atoms with E-state index in [1.54, 1.807) is 4.90 Å². The summed E-state index contributed by atoms with van der Waals surface area (Å²) in [5, 5.41) is 25.2. The zero-order valence-electron chi connectivity index (χ0n) is 25.3. The molecule has 44 heavy (non-hydrogen) atoms. The Morgan fingerprint density at radius 3 is 2.45 bits per heavy atom. The molecule has 9 heteroatoms. The van der Waals surface area contributed by atoms with Crippen molar-refractivity contribution in [2.45, 2.75) is 56.9 Å². The van der Waals surface area contributed by atoms with Gasteiger partial charge < -0.3 is 29.9 Å². The van der Waals surface area contributed by atoms with Crippen LogP contribution in [-0.4, -0.2) is 84.6 Å². The molecule has 1 aliphatic carbocycles. The van der Waals surface area contributed by atoms with Gasteiger partial charge in [-0.1, -0.05) is 54.6 Å². The van der Waals surface area contributed by atoms with Crippen molar-refractivity contribution in [1.82, 2.24) is 10.2 Å². The van der Waals surface area contributed by atoms with E-state index in [0.29, 0.717) is 30.9 Å². The van der Waals surface area contributed by atoms with Crippen molar-refractivity contribution in [3.05, 3.63) is 95.6 Å². The minimum Gasteiger partial charge on any atom is -0.492 e. The average molecular weight is 602 g/mol. The Morgan fingerprint density at radius 1 is 1.02 bits per heavy atom. The van der Waals surface area contributed by atoms with Crippen molar-refractivity contribution in [3.63, 3.8) is 0 Å². The molecule has 0 unspecified atom stereocenters. The zero-order chi connectivity index (χ0) is 30.9. The third kappa shape index (κ3) is 8.24. The Labute approximate surface area is 259 Å². The lowest BCUT2D eigenvalue weighted by molar-refractivity contribution is -0.120. The van der Waals surface area contributed by atoms with Gasteiger partial charge in [-0.05, 0) is 53.8 Å². The van der Waals surface area contributed by atoms with E-state index in [9.17, 15) is 19.8 Å². The molecule has 2 aliphatic rings. The van der Waals surface area contributed by atoms with E-state index in [0.717, 1.165) is 49.5 Å². The van der Waals surface area contributed by atoms with Crippen molar-refractivity contribution in [2.75, 3.05) is 44.4 Å². The molecule has 9 nitrogen and oxygen atoms in total. The number of amides is 2. The van der Waals surface area contributed by atoms with Crippen molar-refractivity contribution in [2.24, 2.45) is 0 Å². The fraction of sp³-hybridized carbons (Fsp3) is 0.429. The first-order chi connectivity index (χ1) is 21.4. The van der Waals surface area contributed by atoms with Gasteiger partial charge in [0.1, 0.15) is 12.4 Å².